The molecule has 2 aromatic carbocycles. The molecule has 2 aromatic rings. The average molecular weight is 359 g/mol. The van der Waals surface area contributed by atoms with Crippen molar-refractivity contribution in [3.63, 3.8) is 0 Å². The quantitative estimate of drug-likeness (QED) is 0.797. The Morgan fingerprint density at radius 2 is 1.86 bits per heavy atom. The molecule has 0 aromatic heterocycles. The van der Waals surface area contributed by atoms with Crippen molar-refractivity contribution in [3.05, 3.63) is 57.3 Å². The summed E-state index contributed by atoms with van der Waals surface area (Å²) < 4.78 is 40.8. The first-order chi connectivity index (χ1) is 9.81. The Hall–Kier alpha value is -2.02. The highest BCUT2D eigenvalue weighted by Gasteiger charge is 2.18. The molecular weight excluding hydrogens is 349 g/mol. The van der Waals surface area contributed by atoms with E-state index in [4.69, 9.17) is 5.73 Å². The fourth-order valence-electron chi connectivity index (χ4n) is 1.69. The van der Waals surface area contributed by atoms with Crippen LogP contribution in [0.4, 0.5) is 24.5 Å². The third kappa shape index (κ3) is 3.02. The Balaban J connectivity index is 2.40. The number of hydrogen-bond acceptors (Lipinski definition) is 2. The molecule has 0 fully saturated rings. The van der Waals surface area contributed by atoms with Crippen molar-refractivity contribution in [2.45, 2.75) is 6.92 Å². The maximum atomic E-state index is 13.8. The van der Waals surface area contributed by atoms with Crippen molar-refractivity contribution in [2.24, 2.45) is 0 Å². The molecule has 21 heavy (non-hydrogen) atoms. The second-order valence-electron chi connectivity index (χ2n) is 4.36. The standard InChI is InChI=1S/C14H10BrF3N2O/c1-6-2-3-9(16)13(12(6)18)20-14(21)7-4-11(19)10(17)5-8(7)15/h2-5H,19H2,1H3,(H,20,21). The van der Waals surface area contributed by atoms with Gasteiger partial charge in [-0.25, -0.2) is 13.2 Å². The van der Waals surface area contributed by atoms with Gasteiger partial charge in [-0.15, -0.1) is 0 Å². The Bertz CT molecular complexity index is 735. The highest BCUT2D eigenvalue weighted by molar-refractivity contribution is 9.10. The van der Waals surface area contributed by atoms with E-state index in [1.807, 2.05) is 0 Å². The largest absolute Gasteiger partial charge is 0.396 e. The molecule has 0 heterocycles. The van der Waals surface area contributed by atoms with Crippen LogP contribution in [0.1, 0.15) is 15.9 Å². The van der Waals surface area contributed by atoms with Crippen molar-refractivity contribution in [2.75, 3.05) is 11.1 Å². The van der Waals surface area contributed by atoms with E-state index in [0.717, 1.165) is 18.2 Å². The SMILES string of the molecule is Cc1ccc(F)c(NC(=O)c2cc(N)c(F)cc2Br)c1F. The molecule has 0 saturated heterocycles. The van der Waals surface area contributed by atoms with Gasteiger partial charge in [-0.05, 0) is 46.6 Å². The lowest BCUT2D eigenvalue weighted by molar-refractivity contribution is 0.102. The Morgan fingerprint density at radius 1 is 1.19 bits per heavy atom. The number of rotatable bonds is 2. The van der Waals surface area contributed by atoms with E-state index in [2.05, 4.69) is 21.2 Å². The van der Waals surface area contributed by atoms with Crippen LogP contribution in [-0.2, 0) is 0 Å². The van der Waals surface area contributed by atoms with Gasteiger partial charge in [0.15, 0.2) is 5.82 Å². The minimum Gasteiger partial charge on any atom is -0.396 e. The van der Waals surface area contributed by atoms with Crippen LogP contribution in [0.2, 0.25) is 0 Å². The maximum Gasteiger partial charge on any atom is 0.257 e. The number of anilines is 2. The molecule has 0 bridgehead atoms. The first-order valence-corrected chi connectivity index (χ1v) is 6.61. The van der Waals surface area contributed by atoms with Gasteiger partial charge in [-0.1, -0.05) is 6.07 Å². The van der Waals surface area contributed by atoms with Crippen molar-refractivity contribution in [3.8, 4) is 0 Å². The molecule has 1 amide bonds. The highest BCUT2D eigenvalue weighted by atomic mass is 79.9. The van der Waals surface area contributed by atoms with Gasteiger partial charge < -0.3 is 11.1 Å². The lowest BCUT2D eigenvalue weighted by Crippen LogP contribution is -2.16. The molecule has 0 aliphatic heterocycles. The van der Waals surface area contributed by atoms with Crippen LogP contribution in [0.15, 0.2) is 28.7 Å². The summed E-state index contributed by atoms with van der Waals surface area (Å²) in [4.78, 5) is 12.1. The predicted octanol–water partition coefficient (Wildman–Crippen LogP) is 4.01. The third-order valence-electron chi connectivity index (χ3n) is 2.85. The monoisotopic (exact) mass is 358 g/mol. The molecule has 0 aliphatic carbocycles. The summed E-state index contributed by atoms with van der Waals surface area (Å²) in [7, 11) is 0. The molecule has 2 rings (SSSR count). The first kappa shape index (κ1) is 15.4. The summed E-state index contributed by atoms with van der Waals surface area (Å²) in [6, 6.07) is 4.39. The second kappa shape index (κ2) is 5.77. The van der Waals surface area contributed by atoms with Crippen LogP contribution >= 0.6 is 15.9 Å². The van der Waals surface area contributed by atoms with Gasteiger partial charge >= 0.3 is 0 Å². The average Bonchev–Trinajstić information content (AvgIpc) is 2.43. The lowest BCUT2D eigenvalue weighted by Gasteiger charge is -2.11. The molecule has 7 heteroatoms. The fourth-order valence-corrected chi connectivity index (χ4v) is 2.19. The van der Waals surface area contributed by atoms with Crippen molar-refractivity contribution in [1.29, 1.82) is 0 Å². The molecule has 0 saturated carbocycles. The number of carbonyl (C=O) groups excluding carboxylic acids is 1. The molecule has 0 atom stereocenters. The Labute approximate surface area is 127 Å². The molecule has 0 aliphatic rings. The predicted molar refractivity (Wildman–Crippen MR) is 77.6 cm³/mol. The van der Waals surface area contributed by atoms with E-state index >= 15 is 0 Å². The van der Waals surface area contributed by atoms with Crippen LogP contribution in [0.5, 0.6) is 0 Å². The number of nitrogens with one attached hydrogen (secondary N) is 1. The number of aryl methyl sites for hydroxylation is 1. The number of nitrogens with two attached hydrogens (primary N) is 1. The van der Waals surface area contributed by atoms with Crippen LogP contribution in [-0.4, -0.2) is 5.91 Å². The van der Waals surface area contributed by atoms with Gasteiger partial charge in [0.1, 0.15) is 17.3 Å². The smallest absolute Gasteiger partial charge is 0.257 e. The van der Waals surface area contributed by atoms with E-state index in [0.29, 0.717) is 0 Å². The fraction of sp³-hybridized carbons (Fsp3) is 0.0714. The van der Waals surface area contributed by atoms with Gasteiger partial charge in [0.2, 0.25) is 0 Å². The highest BCUT2D eigenvalue weighted by Crippen LogP contribution is 2.26. The van der Waals surface area contributed by atoms with Gasteiger partial charge in [-0.3, -0.25) is 4.79 Å². The summed E-state index contributed by atoms with van der Waals surface area (Å²) in [5.41, 5.74) is 4.73. The second-order valence-corrected chi connectivity index (χ2v) is 5.22. The third-order valence-corrected chi connectivity index (χ3v) is 3.51. The van der Waals surface area contributed by atoms with E-state index in [1.165, 1.54) is 13.0 Å². The van der Waals surface area contributed by atoms with Gasteiger partial charge in [0.05, 0.1) is 11.3 Å². The number of hydrogen-bond donors (Lipinski definition) is 2. The summed E-state index contributed by atoms with van der Waals surface area (Å²) >= 11 is 3.00. The zero-order valence-corrected chi connectivity index (χ0v) is 12.4. The molecule has 0 unspecified atom stereocenters. The summed E-state index contributed by atoms with van der Waals surface area (Å²) in [5.74, 6) is -3.28. The minimum atomic E-state index is -0.905. The number of nitrogen functional groups attached to an aromatic ring is 1. The molecule has 0 radical (unpaired) electrons. The number of amides is 1. The van der Waals surface area contributed by atoms with Crippen LogP contribution in [0, 0.1) is 24.4 Å². The zero-order chi connectivity index (χ0) is 15.7. The summed E-state index contributed by atoms with van der Waals surface area (Å²) in [5, 5.41) is 2.13. The molecular formula is C14H10BrF3N2O. The van der Waals surface area contributed by atoms with Crippen LogP contribution < -0.4 is 11.1 Å². The maximum absolute atomic E-state index is 13.8. The van der Waals surface area contributed by atoms with Crippen LogP contribution in [0.3, 0.4) is 0 Å². The van der Waals surface area contributed by atoms with E-state index < -0.39 is 29.0 Å². The van der Waals surface area contributed by atoms with Gasteiger partial charge in [-0.2, -0.15) is 0 Å². The van der Waals surface area contributed by atoms with Crippen molar-refractivity contribution < 1.29 is 18.0 Å². The van der Waals surface area contributed by atoms with Crippen molar-refractivity contribution in [1.82, 2.24) is 0 Å². The lowest BCUT2D eigenvalue weighted by atomic mass is 10.1. The van der Waals surface area contributed by atoms with E-state index in [-0.39, 0.29) is 21.3 Å². The summed E-state index contributed by atoms with van der Waals surface area (Å²) in [6.07, 6.45) is 0. The molecule has 3 nitrogen and oxygen atoms in total. The molecule has 3 N–H and O–H groups in total. The normalized spacial score (nSPS) is 10.5. The first-order valence-electron chi connectivity index (χ1n) is 5.81. The Morgan fingerprint density at radius 3 is 2.52 bits per heavy atom. The number of benzene rings is 2. The van der Waals surface area contributed by atoms with Crippen molar-refractivity contribution >= 4 is 33.2 Å². The molecule has 110 valence electrons. The number of halogens is 4. The zero-order valence-electron chi connectivity index (χ0n) is 10.8. The number of carbonyl (C=O) groups is 1. The Kier molecular flexibility index (Phi) is 4.22. The topological polar surface area (TPSA) is 55.1 Å². The summed E-state index contributed by atoms with van der Waals surface area (Å²) in [6.45, 7) is 1.44. The van der Waals surface area contributed by atoms with E-state index in [1.54, 1.807) is 0 Å². The minimum absolute atomic E-state index is 0.0331. The van der Waals surface area contributed by atoms with Crippen LogP contribution in [0.25, 0.3) is 0 Å². The van der Waals surface area contributed by atoms with E-state index in [9.17, 15) is 18.0 Å². The van der Waals surface area contributed by atoms with Gasteiger partial charge in [0.25, 0.3) is 5.91 Å². The molecule has 0 spiro atoms. The van der Waals surface area contributed by atoms with Gasteiger partial charge in [0, 0.05) is 4.47 Å².